The molecule has 0 unspecified atom stereocenters. The maximum atomic E-state index is 12.2. The quantitative estimate of drug-likeness (QED) is 0.796. The molecule has 3 rings (SSSR count). The Kier molecular flexibility index (Phi) is 4.17. The van der Waals surface area contributed by atoms with Gasteiger partial charge in [-0.15, -0.1) is 0 Å². The molecule has 1 aromatic rings. The number of benzene rings is 1. The first-order chi connectivity index (χ1) is 11.0. The Morgan fingerprint density at radius 2 is 1.70 bits per heavy atom. The van der Waals surface area contributed by atoms with E-state index in [1.54, 1.807) is 24.3 Å². The van der Waals surface area contributed by atoms with Crippen LogP contribution in [0.5, 0.6) is 0 Å². The number of amides is 3. The van der Waals surface area contributed by atoms with E-state index in [0.717, 1.165) is 17.7 Å². The van der Waals surface area contributed by atoms with Crippen LogP contribution in [0.15, 0.2) is 24.3 Å². The average molecular weight is 316 g/mol. The molecule has 1 aliphatic heterocycles. The SMILES string of the molecule is O=C(CCN1C(=O)c2ccccc2C1=O)NCC1(O)CCCC1. The van der Waals surface area contributed by atoms with Crippen molar-refractivity contribution < 1.29 is 19.5 Å². The van der Waals surface area contributed by atoms with Crippen molar-refractivity contribution in [3.8, 4) is 0 Å². The molecule has 6 nitrogen and oxygen atoms in total. The van der Waals surface area contributed by atoms with E-state index in [-0.39, 0.29) is 37.2 Å². The third kappa shape index (κ3) is 3.12. The number of imide groups is 1. The third-order valence-corrected chi connectivity index (χ3v) is 4.59. The number of nitrogens with one attached hydrogen (secondary N) is 1. The van der Waals surface area contributed by atoms with Crippen molar-refractivity contribution >= 4 is 17.7 Å². The Morgan fingerprint density at radius 1 is 1.13 bits per heavy atom. The number of rotatable bonds is 5. The van der Waals surface area contributed by atoms with Gasteiger partial charge >= 0.3 is 0 Å². The van der Waals surface area contributed by atoms with Crippen LogP contribution < -0.4 is 5.32 Å². The zero-order valence-electron chi connectivity index (χ0n) is 12.9. The van der Waals surface area contributed by atoms with E-state index in [1.807, 2.05) is 0 Å². The van der Waals surface area contributed by atoms with E-state index in [1.165, 1.54) is 0 Å². The van der Waals surface area contributed by atoms with Crippen LogP contribution >= 0.6 is 0 Å². The third-order valence-electron chi connectivity index (χ3n) is 4.59. The maximum absolute atomic E-state index is 12.2. The highest BCUT2D eigenvalue weighted by atomic mass is 16.3. The summed E-state index contributed by atoms with van der Waals surface area (Å²) in [5.74, 6) is -0.970. The van der Waals surface area contributed by atoms with Crippen LogP contribution in [0.2, 0.25) is 0 Å². The van der Waals surface area contributed by atoms with Crippen molar-refractivity contribution in [2.45, 2.75) is 37.7 Å². The smallest absolute Gasteiger partial charge is 0.261 e. The fraction of sp³-hybridized carbons (Fsp3) is 0.471. The van der Waals surface area contributed by atoms with E-state index < -0.39 is 5.60 Å². The molecule has 23 heavy (non-hydrogen) atoms. The van der Waals surface area contributed by atoms with Crippen molar-refractivity contribution in [2.24, 2.45) is 0 Å². The molecule has 2 aliphatic rings. The van der Waals surface area contributed by atoms with Gasteiger partial charge in [-0.05, 0) is 25.0 Å². The van der Waals surface area contributed by atoms with Crippen LogP contribution in [0.25, 0.3) is 0 Å². The lowest BCUT2D eigenvalue weighted by atomic mass is 10.0. The second-order valence-corrected chi connectivity index (χ2v) is 6.27. The van der Waals surface area contributed by atoms with E-state index in [2.05, 4.69) is 5.32 Å². The largest absolute Gasteiger partial charge is 0.388 e. The standard InChI is InChI=1S/C17H20N2O4/c20-14(18-11-17(23)8-3-4-9-17)7-10-19-15(21)12-5-1-2-6-13(12)16(19)22/h1-2,5-6,23H,3-4,7-11H2,(H,18,20). The van der Waals surface area contributed by atoms with Gasteiger partial charge in [0.05, 0.1) is 16.7 Å². The summed E-state index contributed by atoms with van der Waals surface area (Å²) in [4.78, 5) is 37.4. The van der Waals surface area contributed by atoms with Gasteiger partial charge in [-0.25, -0.2) is 0 Å². The van der Waals surface area contributed by atoms with Crippen LogP contribution in [-0.2, 0) is 4.79 Å². The number of nitrogens with zero attached hydrogens (tertiary/aromatic N) is 1. The van der Waals surface area contributed by atoms with Crippen LogP contribution in [0.1, 0.15) is 52.8 Å². The predicted molar refractivity (Wildman–Crippen MR) is 82.9 cm³/mol. The fourth-order valence-corrected chi connectivity index (χ4v) is 3.22. The molecule has 1 saturated carbocycles. The lowest BCUT2D eigenvalue weighted by molar-refractivity contribution is -0.122. The normalized spacial score (nSPS) is 19.1. The van der Waals surface area contributed by atoms with E-state index in [0.29, 0.717) is 24.0 Å². The number of hydrogen-bond donors (Lipinski definition) is 2. The van der Waals surface area contributed by atoms with Gasteiger partial charge in [0.25, 0.3) is 11.8 Å². The lowest BCUT2D eigenvalue weighted by Gasteiger charge is -2.22. The monoisotopic (exact) mass is 316 g/mol. The van der Waals surface area contributed by atoms with Gasteiger partial charge < -0.3 is 10.4 Å². The summed E-state index contributed by atoms with van der Waals surface area (Å²) in [7, 11) is 0. The van der Waals surface area contributed by atoms with Crippen LogP contribution in [0, 0.1) is 0 Å². The minimum Gasteiger partial charge on any atom is -0.388 e. The van der Waals surface area contributed by atoms with Crippen LogP contribution in [-0.4, -0.2) is 46.4 Å². The Bertz CT molecular complexity index is 615. The topological polar surface area (TPSA) is 86.7 Å². The zero-order chi connectivity index (χ0) is 16.4. The van der Waals surface area contributed by atoms with Gasteiger partial charge in [0.2, 0.25) is 5.91 Å². The molecule has 1 heterocycles. The summed E-state index contributed by atoms with van der Waals surface area (Å²) >= 11 is 0. The van der Waals surface area contributed by atoms with Crippen molar-refractivity contribution in [3.05, 3.63) is 35.4 Å². The van der Waals surface area contributed by atoms with E-state index in [9.17, 15) is 19.5 Å². The molecule has 0 atom stereocenters. The average Bonchev–Trinajstić information content (AvgIpc) is 3.08. The Labute approximate surface area is 134 Å². The van der Waals surface area contributed by atoms with Crippen molar-refractivity contribution in [3.63, 3.8) is 0 Å². The van der Waals surface area contributed by atoms with Gasteiger partial charge in [-0.3, -0.25) is 19.3 Å². The lowest BCUT2D eigenvalue weighted by Crippen LogP contribution is -2.42. The van der Waals surface area contributed by atoms with Crippen molar-refractivity contribution in [1.29, 1.82) is 0 Å². The second-order valence-electron chi connectivity index (χ2n) is 6.27. The van der Waals surface area contributed by atoms with Gasteiger partial charge in [0.1, 0.15) is 0 Å². The molecule has 0 saturated heterocycles. The van der Waals surface area contributed by atoms with Crippen molar-refractivity contribution in [1.82, 2.24) is 10.2 Å². The molecule has 1 fully saturated rings. The number of hydrogen-bond acceptors (Lipinski definition) is 4. The van der Waals surface area contributed by atoms with Gasteiger partial charge in [0.15, 0.2) is 0 Å². The molecule has 122 valence electrons. The molecule has 1 aliphatic carbocycles. The summed E-state index contributed by atoms with van der Waals surface area (Å²) in [6.07, 6.45) is 3.39. The van der Waals surface area contributed by atoms with Crippen LogP contribution in [0.3, 0.4) is 0 Å². The Hall–Kier alpha value is -2.21. The summed E-state index contributed by atoms with van der Waals surface area (Å²) in [5.41, 5.74) is -0.0260. The summed E-state index contributed by atoms with van der Waals surface area (Å²) < 4.78 is 0. The molecule has 6 heteroatoms. The minimum absolute atomic E-state index is 0.0432. The number of fused-ring (bicyclic) bond motifs is 1. The number of carbonyl (C=O) groups is 3. The molecule has 0 aromatic heterocycles. The first kappa shape index (κ1) is 15.7. The molecular formula is C17H20N2O4. The predicted octanol–water partition coefficient (Wildman–Crippen LogP) is 1.09. The fourth-order valence-electron chi connectivity index (χ4n) is 3.22. The maximum Gasteiger partial charge on any atom is 0.261 e. The Morgan fingerprint density at radius 3 is 2.26 bits per heavy atom. The molecular weight excluding hydrogens is 296 g/mol. The number of carbonyl (C=O) groups excluding carboxylic acids is 3. The second kappa shape index (κ2) is 6.12. The highest BCUT2D eigenvalue weighted by molar-refractivity contribution is 6.21. The molecule has 0 spiro atoms. The van der Waals surface area contributed by atoms with Crippen LogP contribution in [0.4, 0.5) is 0 Å². The molecule has 0 bridgehead atoms. The molecule has 2 N–H and O–H groups in total. The van der Waals surface area contributed by atoms with Gasteiger partial charge in [0, 0.05) is 19.5 Å². The highest BCUT2D eigenvalue weighted by Gasteiger charge is 2.35. The van der Waals surface area contributed by atoms with Gasteiger partial charge in [-0.2, -0.15) is 0 Å². The first-order valence-corrected chi connectivity index (χ1v) is 7.94. The molecule has 0 radical (unpaired) electrons. The Balaban J connectivity index is 1.52. The zero-order valence-corrected chi connectivity index (χ0v) is 12.9. The first-order valence-electron chi connectivity index (χ1n) is 7.94. The van der Waals surface area contributed by atoms with Gasteiger partial charge in [-0.1, -0.05) is 25.0 Å². The summed E-state index contributed by atoms with van der Waals surface area (Å²) in [5, 5.41) is 12.9. The minimum atomic E-state index is -0.800. The van der Waals surface area contributed by atoms with E-state index in [4.69, 9.17) is 0 Å². The van der Waals surface area contributed by atoms with E-state index >= 15 is 0 Å². The highest BCUT2D eigenvalue weighted by Crippen LogP contribution is 2.28. The van der Waals surface area contributed by atoms with Crippen molar-refractivity contribution in [2.75, 3.05) is 13.1 Å². The summed E-state index contributed by atoms with van der Waals surface area (Å²) in [6.45, 7) is 0.282. The molecule has 3 amide bonds. The molecule has 1 aromatic carbocycles. The number of aliphatic hydroxyl groups is 1. The summed E-state index contributed by atoms with van der Waals surface area (Å²) in [6, 6.07) is 6.65.